The van der Waals surface area contributed by atoms with E-state index >= 15 is 0 Å². The monoisotopic (exact) mass is 266 g/mol. The summed E-state index contributed by atoms with van der Waals surface area (Å²) in [6.07, 6.45) is 1.60. The Kier molecular flexibility index (Phi) is 5.27. The van der Waals surface area contributed by atoms with Crippen LogP contribution in [0.5, 0.6) is 0 Å². The van der Waals surface area contributed by atoms with Gasteiger partial charge in [-0.05, 0) is 19.1 Å². The number of nitrogens with one attached hydrogen (secondary N) is 3. The summed E-state index contributed by atoms with van der Waals surface area (Å²) in [6.45, 7) is 0.942. The molecule has 1 aromatic rings. The van der Waals surface area contributed by atoms with Crippen molar-refractivity contribution in [2.24, 2.45) is 0 Å². The Labute approximate surface area is 109 Å². The van der Waals surface area contributed by atoms with Crippen molar-refractivity contribution >= 4 is 23.6 Å². The van der Waals surface area contributed by atoms with Gasteiger partial charge in [-0.2, -0.15) is 0 Å². The number of carbonyl (C=O) groups is 3. The van der Waals surface area contributed by atoms with Crippen LogP contribution in [0.15, 0.2) is 18.3 Å². The molecule has 0 saturated carbocycles. The summed E-state index contributed by atoms with van der Waals surface area (Å²) in [4.78, 5) is 36.8. The Morgan fingerprint density at radius 3 is 2.63 bits per heavy atom. The summed E-state index contributed by atoms with van der Waals surface area (Å²) < 4.78 is 0. The number of aromatic nitrogens is 1. The van der Waals surface area contributed by atoms with Gasteiger partial charge >= 0.3 is 12.0 Å². The Balaban J connectivity index is 2.34. The van der Waals surface area contributed by atoms with Gasteiger partial charge in [-0.25, -0.2) is 4.79 Å². The molecule has 19 heavy (non-hydrogen) atoms. The molecule has 102 valence electrons. The SMILES string of the molecule is Cc1ncccc1NC(=O)NCC(=O)NCC(=O)O. The summed E-state index contributed by atoms with van der Waals surface area (Å²) in [6, 6.07) is 2.77. The van der Waals surface area contributed by atoms with Crippen molar-refractivity contribution in [3.05, 3.63) is 24.0 Å². The molecule has 0 bridgehead atoms. The number of urea groups is 1. The van der Waals surface area contributed by atoms with E-state index in [0.717, 1.165) is 0 Å². The van der Waals surface area contributed by atoms with Crippen LogP contribution in [0.2, 0.25) is 0 Å². The minimum Gasteiger partial charge on any atom is -0.480 e. The first-order valence-electron chi connectivity index (χ1n) is 5.44. The molecule has 0 saturated heterocycles. The van der Waals surface area contributed by atoms with Gasteiger partial charge in [0.15, 0.2) is 0 Å². The van der Waals surface area contributed by atoms with Gasteiger partial charge in [0.05, 0.1) is 17.9 Å². The summed E-state index contributed by atoms with van der Waals surface area (Å²) in [5.74, 6) is -1.73. The van der Waals surface area contributed by atoms with Crippen molar-refractivity contribution in [2.75, 3.05) is 18.4 Å². The lowest BCUT2D eigenvalue weighted by Crippen LogP contribution is -2.40. The van der Waals surface area contributed by atoms with Gasteiger partial charge in [0.1, 0.15) is 6.54 Å². The second kappa shape index (κ2) is 6.94. The predicted molar refractivity (Wildman–Crippen MR) is 66.6 cm³/mol. The highest BCUT2D eigenvalue weighted by molar-refractivity contribution is 5.93. The Morgan fingerprint density at radius 2 is 2.00 bits per heavy atom. The minimum absolute atomic E-state index is 0.307. The van der Waals surface area contributed by atoms with Crippen LogP contribution in [0.1, 0.15) is 5.69 Å². The normalized spacial score (nSPS) is 9.53. The Hall–Kier alpha value is -2.64. The lowest BCUT2D eigenvalue weighted by atomic mass is 10.3. The van der Waals surface area contributed by atoms with E-state index in [4.69, 9.17) is 5.11 Å². The van der Waals surface area contributed by atoms with E-state index in [1.165, 1.54) is 0 Å². The van der Waals surface area contributed by atoms with Gasteiger partial charge in [0.25, 0.3) is 0 Å². The fraction of sp³-hybridized carbons (Fsp3) is 0.273. The molecule has 3 amide bonds. The molecular formula is C11H14N4O4. The molecule has 8 heteroatoms. The molecule has 0 radical (unpaired) electrons. The molecule has 0 aromatic carbocycles. The molecule has 0 fully saturated rings. The smallest absolute Gasteiger partial charge is 0.322 e. The van der Waals surface area contributed by atoms with Crippen molar-refractivity contribution in [2.45, 2.75) is 6.92 Å². The zero-order valence-electron chi connectivity index (χ0n) is 10.3. The molecule has 0 unspecified atom stereocenters. The number of hydrogen-bond donors (Lipinski definition) is 4. The van der Waals surface area contributed by atoms with E-state index in [1.54, 1.807) is 25.3 Å². The standard InChI is InChI=1S/C11H14N4O4/c1-7-8(3-2-4-12-7)15-11(19)14-5-9(16)13-6-10(17)18/h2-4H,5-6H2,1H3,(H,13,16)(H,17,18)(H2,14,15,19). The van der Waals surface area contributed by atoms with Crippen LogP contribution in [0.3, 0.4) is 0 Å². The van der Waals surface area contributed by atoms with Crippen molar-refractivity contribution < 1.29 is 19.5 Å². The molecule has 1 rings (SSSR count). The molecule has 0 aliphatic heterocycles. The molecule has 0 spiro atoms. The molecule has 0 aliphatic carbocycles. The topological polar surface area (TPSA) is 120 Å². The maximum atomic E-state index is 11.5. The Bertz CT molecular complexity index is 489. The number of nitrogens with zero attached hydrogens (tertiary/aromatic N) is 1. The lowest BCUT2D eigenvalue weighted by molar-refractivity contribution is -0.137. The van der Waals surface area contributed by atoms with Crippen molar-refractivity contribution in [1.82, 2.24) is 15.6 Å². The number of aryl methyl sites for hydroxylation is 1. The van der Waals surface area contributed by atoms with E-state index in [1.807, 2.05) is 0 Å². The number of anilines is 1. The van der Waals surface area contributed by atoms with Gasteiger partial charge in [-0.3, -0.25) is 14.6 Å². The molecule has 0 atom stereocenters. The zero-order valence-corrected chi connectivity index (χ0v) is 10.3. The fourth-order valence-electron chi connectivity index (χ4n) is 1.18. The average Bonchev–Trinajstić information content (AvgIpc) is 2.36. The fourth-order valence-corrected chi connectivity index (χ4v) is 1.18. The van der Waals surface area contributed by atoms with Crippen LogP contribution in [0.4, 0.5) is 10.5 Å². The molecule has 8 nitrogen and oxygen atoms in total. The molecular weight excluding hydrogens is 252 g/mol. The lowest BCUT2D eigenvalue weighted by Gasteiger charge is -2.08. The summed E-state index contributed by atoms with van der Waals surface area (Å²) in [7, 11) is 0. The van der Waals surface area contributed by atoms with Crippen LogP contribution >= 0.6 is 0 Å². The van der Waals surface area contributed by atoms with Crippen LogP contribution in [0, 0.1) is 6.92 Å². The number of amides is 3. The van der Waals surface area contributed by atoms with E-state index in [0.29, 0.717) is 11.4 Å². The van der Waals surface area contributed by atoms with Crippen molar-refractivity contribution in [1.29, 1.82) is 0 Å². The highest BCUT2D eigenvalue weighted by atomic mass is 16.4. The molecule has 1 aromatic heterocycles. The number of pyridine rings is 1. The quantitative estimate of drug-likeness (QED) is 0.583. The summed E-state index contributed by atoms with van der Waals surface area (Å²) in [5.41, 5.74) is 1.18. The van der Waals surface area contributed by atoms with E-state index in [9.17, 15) is 14.4 Å². The van der Waals surface area contributed by atoms with Crippen molar-refractivity contribution in [3.63, 3.8) is 0 Å². The number of aliphatic carboxylic acids is 1. The highest BCUT2D eigenvalue weighted by Gasteiger charge is 2.07. The van der Waals surface area contributed by atoms with E-state index in [-0.39, 0.29) is 6.54 Å². The first-order valence-corrected chi connectivity index (χ1v) is 5.44. The highest BCUT2D eigenvalue weighted by Crippen LogP contribution is 2.09. The van der Waals surface area contributed by atoms with Crippen LogP contribution in [-0.4, -0.2) is 41.1 Å². The summed E-state index contributed by atoms with van der Waals surface area (Å²) >= 11 is 0. The Morgan fingerprint density at radius 1 is 1.26 bits per heavy atom. The second-order valence-corrected chi connectivity index (χ2v) is 3.61. The number of carboxylic acids is 1. The third kappa shape index (κ3) is 5.48. The minimum atomic E-state index is -1.15. The third-order valence-electron chi connectivity index (χ3n) is 2.10. The average molecular weight is 266 g/mol. The largest absolute Gasteiger partial charge is 0.480 e. The first kappa shape index (κ1) is 14.4. The van der Waals surface area contributed by atoms with Gasteiger partial charge in [0, 0.05) is 6.20 Å². The number of hydrogen-bond acceptors (Lipinski definition) is 4. The van der Waals surface area contributed by atoms with Crippen LogP contribution in [0.25, 0.3) is 0 Å². The number of carbonyl (C=O) groups excluding carboxylic acids is 2. The maximum absolute atomic E-state index is 11.5. The van der Waals surface area contributed by atoms with Gasteiger partial charge in [-0.15, -0.1) is 0 Å². The maximum Gasteiger partial charge on any atom is 0.322 e. The van der Waals surface area contributed by atoms with E-state index in [2.05, 4.69) is 20.9 Å². The van der Waals surface area contributed by atoms with Crippen molar-refractivity contribution in [3.8, 4) is 0 Å². The van der Waals surface area contributed by atoms with Crippen LogP contribution in [-0.2, 0) is 9.59 Å². The van der Waals surface area contributed by atoms with Gasteiger partial charge in [-0.1, -0.05) is 0 Å². The summed E-state index contributed by atoms with van der Waals surface area (Å²) in [5, 5.41) is 15.3. The predicted octanol–water partition coefficient (Wildman–Crippen LogP) is -0.288. The second-order valence-electron chi connectivity index (χ2n) is 3.61. The van der Waals surface area contributed by atoms with Gasteiger partial charge < -0.3 is 21.1 Å². The zero-order chi connectivity index (χ0) is 14.3. The first-order chi connectivity index (χ1) is 8.99. The van der Waals surface area contributed by atoms with E-state index < -0.39 is 24.5 Å². The molecule has 4 N–H and O–H groups in total. The number of rotatable bonds is 5. The van der Waals surface area contributed by atoms with Gasteiger partial charge in [0.2, 0.25) is 5.91 Å². The third-order valence-corrected chi connectivity index (χ3v) is 2.10. The van der Waals surface area contributed by atoms with Crippen LogP contribution < -0.4 is 16.0 Å². The molecule has 0 aliphatic rings. The molecule has 1 heterocycles. The number of carboxylic acid groups (broad SMARTS) is 1.